The van der Waals surface area contributed by atoms with Gasteiger partial charge < -0.3 is 10.7 Å². The van der Waals surface area contributed by atoms with E-state index in [1.807, 2.05) is 19.1 Å². The molecule has 3 N–H and O–H groups in total. The maximum absolute atomic E-state index is 6.21. The van der Waals surface area contributed by atoms with E-state index in [-0.39, 0.29) is 0 Å². The summed E-state index contributed by atoms with van der Waals surface area (Å²) < 4.78 is 0. The molecule has 0 atom stereocenters. The van der Waals surface area contributed by atoms with Gasteiger partial charge in [0.25, 0.3) is 0 Å². The van der Waals surface area contributed by atoms with Crippen molar-refractivity contribution >= 4 is 33.6 Å². The Hall–Kier alpha value is -4.35. The van der Waals surface area contributed by atoms with Crippen LogP contribution in [0.15, 0.2) is 62.0 Å². The monoisotopic (exact) mass is 451 g/mol. The molecule has 7 nitrogen and oxygen atoms in total. The maximum atomic E-state index is 6.21. The van der Waals surface area contributed by atoms with Crippen LogP contribution in [0.1, 0.15) is 23.2 Å². The fraction of sp³-hybridized carbons (Fsp3) is 0.0800. The van der Waals surface area contributed by atoms with Gasteiger partial charge in [-0.25, -0.2) is 15.0 Å². The number of hydrogen-bond acceptors (Lipinski definition) is 7. The molecule has 0 saturated heterocycles. The van der Waals surface area contributed by atoms with Crippen molar-refractivity contribution in [3.63, 3.8) is 0 Å². The summed E-state index contributed by atoms with van der Waals surface area (Å²) in [5.41, 5.74) is 13.1. The molecule has 5 aromatic heterocycles. The van der Waals surface area contributed by atoms with Gasteiger partial charge >= 0.3 is 0 Å². The second-order valence-electron chi connectivity index (χ2n) is 7.26. The van der Waals surface area contributed by atoms with Gasteiger partial charge in [0.2, 0.25) is 0 Å². The number of aromatic amines is 1. The Labute approximate surface area is 195 Å². The van der Waals surface area contributed by atoms with Crippen molar-refractivity contribution in [2.45, 2.75) is 13.3 Å². The SMILES string of the molecule is C#C.C=C(C)c1ccc(-c2nccc3[nH]c(Cc4cc(-c5cncnc5)ncc4N)nc23)s1. The highest BCUT2D eigenvalue weighted by Gasteiger charge is 2.14. The summed E-state index contributed by atoms with van der Waals surface area (Å²) >= 11 is 1.67. The zero-order valence-corrected chi connectivity index (χ0v) is 18.8. The Balaban J connectivity index is 0.00000126. The number of nitrogens with one attached hydrogen (secondary N) is 1. The zero-order chi connectivity index (χ0) is 23.4. The van der Waals surface area contributed by atoms with Crippen molar-refractivity contribution in [3.05, 3.63) is 78.2 Å². The molecule has 0 amide bonds. The Morgan fingerprint density at radius 1 is 1.12 bits per heavy atom. The lowest BCUT2D eigenvalue weighted by atomic mass is 10.1. The molecule has 0 unspecified atom stereocenters. The first-order chi connectivity index (χ1) is 16.1. The second kappa shape index (κ2) is 9.42. The third-order valence-electron chi connectivity index (χ3n) is 4.95. The van der Waals surface area contributed by atoms with Crippen LogP contribution < -0.4 is 5.73 Å². The van der Waals surface area contributed by atoms with Gasteiger partial charge in [0.15, 0.2) is 0 Å². The predicted octanol–water partition coefficient (Wildman–Crippen LogP) is 4.99. The van der Waals surface area contributed by atoms with Gasteiger partial charge in [-0.05, 0) is 42.3 Å². The topological polar surface area (TPSA) is 106 Å². The van der Waals surface area contributed by atoms with Crippen molar-refractivity contribution in [2.24, 2.45) is 0 Å². The van der Waals surface area contributed by atoms with Gasteiger partial charge in [-0.2, -0.15) is 0 Å². The summed E-state index contributed by atoms with van der Waals surface area (Å²) in [4.78, 5) is 27.6. The van der Waals surface area contributed by atoms with Gasteiger partial charge in [-0.15, -0.1) is 24.2 Å². The Morgan fingerprint density at radius 3 is 2.64 bits per heavy atom. The molecule has 5 aromatic rings. The van der Waals surface area contributed by atoms with E-state index < -0.39 is 0 Å². The average molecular weight is 452 g/mol. The smallest absolute Gasteiger partial charge is 0.116 e. The van der Waals surface area contributed by atoms with Gasteiger partial charge in [0, 0.05) is 35.5 Å². The largest absolute Gasteiger partial charge is 0.397 e. The summed E-state index contributed by atoms with van der Waals surface area (Å²) in [5, 5.41) is 0. The molecule has 0 aliphatic carbocycles. The zero-order valence-electron chi connectivity index (χ0n) is 18.0. The first kappa shape index (κ1) is 21.9. The number of pyridine rings is 2. The van der Waals surface area contributed by atoms with Gasteiger partial charge in [-0.1, -0.05) is 6.58 Å². The molecule has 8 heteroatoms. The van der Waals surface area contributed by atoms with Crippen molar-refractivity contribution in [1.82, 2.24) is 29.9 Å². The molecular weight excluding hydrogens is 430 g/mol. The molecule has 162 valence electrons. The highest BCUT2D eigenvalue weighted by molar-refractivity contribution is 7.16. The third kappa shape index (κ3) is 4.49. The molecule has 0 spiro atoms. The molecule has 33 heavy (non-hydrogen) atoms. The summed E-state index contributed by atoms with van der Waals surface area (Å²) in [5.74, 6) is 0.814. The van der Waals surface area contributed by atoms with E-state index in [0.29, 0.717) is 12.1 Å². The fourth-order valence-electron chi connectivity index (χ4n) is 3.38. The number of nitrogens with two attached hydrogens (primary N) is 1. The highest BCUT2D eigenvalue weighted by atomic mass is 32.1. The number of allylic oxidation sites excluding steroid dienone is 1. The van der Waals surface area contributed by atoms with Crippen LogP contribution in [0, 0.1) is 12.8 Å². The maximum Gasteiger partial charge on any atom is 0.116 e. The predicted molar refractivity (Wildman–Crippen MR) is 134 cm³/mol. The van der Waals surface area contributed by atoms with Gasteiger partial charge in [0.1, 0.15) is 23.4 Å². The second-order valence-corrected chi connectivity index (χ2v) is 8.34. The minimum atomic E-state index is 0.546. The highest BCUT2D eigenvalue weighted by Crippen LogP contribution is 2.33. The van der Waals surface area contributed by atoms with Crippen LogP contribution in [0.25, 0.3) is 38.4 Å². The van der Waals surface area contributed by atoms with Crippen LogP contribution in [-0.4, -0.2) is 29.9 Å². The minimum absolute atomic E-state index is 0.546. The molecule has 0 radical (unpaired) electrons. The first-order valence-corrected chi connectivity index (χ1v) is 10.8. The van der Waals surface area contributed by atoms with Gasteiger partial charge in [0.05, 0.1) is 28.0 Å². The van der Waals surface area contributed by atoms with E-state index in [4.69, 9.17) is 10.7 Å². The van der Waals surface area contributed by atoms with Crippen LogP contribution in [0.5, 0.6) is 0 Å². The Bertz CT molecular complexity index is 1450. The lowest BCUT2D eigenvalue weighted by molar-refractivity contribution is 1.03. The van der Waals surface area contributed by atoms with Crippen LogP contribution >= 0.6 is 11.3 Å². The summed E-state index contributed by atoms with van der Waals surface area (Å²) in [7, 11) is 0. The summed E-state index contributed by atoms with van der Waals surface area (Å²) in [6, 6.07) is 8.03. The third-order valence-corrected chi connectivity index (χ3v) is 6.20. The quantitative estimate of drug-likeness (QED) is 0.365. The molecule has 0 bridgehead atoms. The Kier molecular flexibility index (Phi) is 6.24. The molecule has 0 aliphatic rings. The number of anilines is 1. The number of hydrogen-bond donors (Lipinski definition) is 2. The van der Waals surface area contributed by atoms with Crippen LogP contribution in [0.4, 0.5) is 5.69 Å². The number of aromatic nitrogens is 6. The molecule has 0 aliphatic heterocycles. The summed E-state index contributed by atoms with van der Waals surface area (Å²) in [6.07, 6.45) is 17.0. The van der Waals surface area contributed by atoms with E-state index >= 15 is 0 Å². The lowest BCUT2D eigenvalue weighted by Crippen LogP contribution is -2.00. The molecule has 0 aromatic carbocycles. The van der Waals surface area contributed by atoms with Crippen molar-refractivity contribution < 1.29 is 0 Å². The molecule has 0 saturated carbocycles. The molecule has 0 fully saturated rings. The van der Waals surface area contributed by atoms with Crippen LogP contribution in [0.3, 0.4) is 0 Å². The number of fused-ring (bicyclic) bond motifs is 1. The van der Waals surface area contributed by atoms with Crippen molar-refractivity contribution in [3.8, 4) is 34.7 Å². The van der Waals surface area contributed by atoms with E-state index in [0.717, 1.165) is 54.7 Å². The molecule has 5 heterocycles. The first-order valence-electron chi connectivity index (χ1n) is 10.0. The fourth-order valence-corrected chi connectivity index (χ4v) is 4.30. The number of nitrogen functional groups attached to an aromatic ring is 1. The van der Waals surface area contributed by atoms with E-state index in [1.165, 1.54) is 6.33 Å². The molecular formula is C25H21N7S. The van der Waals surface area contributed by atoms with Crippen molar-refractivity contribution in [2.75, 3.05) is 5.73 Å². The number of imidazole rings is 1. The molecule has 5 rings (SSSR count). The minimum Gasteiger partial charge on any atom is -0.397 e. The lowest BCUT2D eigenvalue weighted by Gasteiger charge is -2.06. The standard InChI is InChI=1S/C23H19N7S.C2H2/c1-13(2)19-3-4-20(31-19)23-22-17(5-6-27-23)29-21(30-22)8-14-7-18(28-11-16(14)24)15-9-25-12-26-10-15;1-2/h3-7,9-12H,1,8,24H2,2H3,(H,29,30);1-2H. The van der Waals surface area contributed by atoms with Crippen LogP contribution in [-0.2, 0) is 6.42 Å². The van der Waals surface area contributed by atoms with Gasteiger partial charge in [-0.3, -0.25) is 9.97 Å². The Morgan fingerprint density at radius 2 is 1.91 bits per heavy atom. The summed E-state index contributed by atoms with van der Waals surface area (Å²) in [6.45, 7) is 6.03. The van der Waals surface area contributed by atoms with E-state index in [1.54, 1.807) is 36.1 Å². The van der Waals surface area contributed by atoms with E-state index in [2.05, 4.69) is 56.5 Å². The number of terminal acetylenes is 1. The average Bonchev–Trinajstić information content (AvgIpc) is 3.49. The number of H-pyrrole nitrogens is 1. The normalized spacial score (nSPS) is 10.5. The van der Waals surface area contributed by atoms with Crippen LogP contribution in [0.2, 0.25) is 0 Å². The number of rotatable bonds is 5. The number of thiophene rings is 1. The number of nitrogens with zero attached hydrogens (tertiary/aromatic N) is 5. The van der Waals surface area contributed by atoms with E-state index in [9.17, 15) is 0 Å². The van der Waals surface area contributed by atoms with Crippen molar-refractivity contribution in [1.29, 1.82) is 0 Å².